The standard InChI is InChI=1S/C8H12O2/c1-4-5-2-3-6(9-5)8-7(4)10-8/h4-8H,2-3H2,1H3/t4-,5?,6+,7+,8?/m1/s1. The number of hydrogen-bond acceptors (Lipinski definition) is 2. The van der Waals surface area contributed by atoms with Gasteiger partial charge in [0.2, 0.25) is 0 Å². The predicted molar refractivity (Wildman–Crippen MR) is 35.7 cm³/mol. The van der Waals surface area contributed by atoms with Crippen molar-refractivity contribution in [2.24, 2.45) is 5.92 Å². The molecular weight excluding hydrogens is 128 g/mol. The maximum absolute atomic E-state index is 5.74. The minimum atomic E-state index is 0.464. The highest BCUT2D eigenvalue weighted by Crippen LogP contribution is 2.47. The molecule has 0 N–H and O–H groups in total. The third-order valence-electron chi connectivity index (χ3n) is 3.12. The van der Waals surface area contributed by atoms with Gasteiger partial charge in [0, 0.05) is 5.92 Å². The Bertz CT molecular complexity index is 167. The molecule has 0 amide bonds. The molecule has 0 aromatic carbocycles. The van der Waals surface area contributed by atoms with Gasteiger partial charge in [-0.05, 0) is 12.8 Å². The molecule has 0 aromatic heterocycles. The smallest absolute Gasteiger partial charge is 0.111 e. The molecule has 3 heterocycles. The first-order valence-corrected chi connectivity index (χ1v) is 4.17. The Labute approximate surface area is 60.5 Å². The number of hydrogen-bond donors (Lipinski definition) is 0. The zero-order chi connectivity index (χ0) is 6.72. The summed E-state index contributed by atoms with van der Waals surface area (Å²) in [6.07, 6.45) is 4.53. The van der Waals surface area contributed by atoms with Gasteiger partial charge in [-0.15, -0.1) is 0 Å². The van der Waals surface area contributed by atoms with Crippen molar-refractivity contribution in [3.63, 3.8) is 0 Å². The van der Waals surface area contributed by atoms with Gasteiger partial charge in [-0.25, -0.2) is 0 Å². The molecular formula is C8H12O2. The zero-order valence-corrected chi connectivity index (χ0v) is 6.12. The van der Waals surface area contributed by atoms with E-state index in [1.165, 1.54) is 12.8 Å². The molecule has 0 radical (unpaired) electrons. The van der Waals surface area contributed by atoms with Gasteiger partial charge in [0.1, 0.15) is 6.10 Å². The molecule has 2 nitrogen and oxygen atoms in total. The molecule has 0 aliphatic carbocycles. The van der Waals surface area contributed by atoms with E-state index in [4.69, 9.17) is 9.47 Å². The maximum atomic E-state index is 5.74. The van der Waals surface area contributed by atoms with E-state index in [-0.39, 0.29) is 0 Å². The maximum Gasteiger partial charge on any atom is 0.111 e. The van der Waals surface area contributed by atoms with Gasteiger partial charge in [-0.1, -0.05) is 6.92 Å². The van der Waals surface area contributed by atoms with Crippen molar-refractivity contribution in [1.82, 2.24) is 0 Å². The van der Waals surface area contributed by atoms with Crippen molar-refractivity contribution in [3.05, 3.63) is 0 Å². The Hall–Kier alpha value is -0.0800. The van der Waals surface area contributed by atoms with E-state index in [0.717, 1.165) is 0 Å². The summed E-state index contributed by atoms with van der Waals surface area (Å²) in [6, 6.07) is 0. The van der Waals surface area contributed by atoms with Crippen LogP contribution in [-0.2, 0) is 9.47 Å². The van der Waals surface area contributed by atoms with E-state index < -0.39 is 0 Å². The van der Waals surface area contributed by atoms with Crippen LogP contribution >= 0.6 is 0 Å². The average molecular weight is 140 g/mol. The average Bonchev–Trinajstić information content (AvgIpc) is 2.61. The summed E-state index contributed by atoms with van der Waals surface area (Å²) in [4.78, 5) is 0. The van der Waals surface area contributed by atoms with E-state index in [9.17, 15) is 0 Å². The minimum absolute atomic E-state index is 0.464. The summed E-state index contributed by atoms with van der Waals surface area (Å²) in [5.41, 5.74) is 0. The van der Waals surface area contributed by atoms with E-state index in [1.807, 2.05) is 0 Å². The van der Waals surface area contributed by atoms with Crippen molar-refractivity contribution in [2.45, 2.75) is 44.2 Å². The second-order valence-corrected chi connectivity index (χ2v) is 3.71. The van der Waals surface area contributed by atoms with Crippen molar-refractivity contribution in [3.8, 4) is 0 Å². The first-order valence-electron chi connectivity index (χ1n) is 4.17. The van der Waals surface area contributed by atoms with Crippen LogP contribution in [0.2, 0.25) is 0 Å². The molecule has 0 spiro atoms. The molecule has 3 rings (SSSR count). The highest BCUT2D eigenvalue weighted by Gasteiger charge is 2.58. The highest BCUT2D eigenvalue weighted by atomic mass is 16.6. The van der Waals surface area contributed by atoms with Crippen molar-refractivity contribution in [1.29, 1.82) is 0 Å². The van der Waals surface area contributed by atoms with E-state index >= 15 is 0 Å². The number of epoxide rings is 1. The lowest BCUT2D eigenvalue weighted by Gasteiger charge is -2.22. The minimum Gasteiger partial charge on any atom is -0.372 e. The summed E-state index contributed by atoms with van der Waals surface area (Å²) in [7, 11) is 0. The van der Waals surface area contributed by atoms with E-state index in [2.05, 4.69) is 6.92 Å². The van der Waals surface area contributed by atoms with Gasteiger partial charge in [0.25, 0.3) is 0 Å². The monoisotopic (exact) mass is 140 g/mol. The normalized spacial score (nSPS) is 63.9. The van der Waals surface area contributed by atoms with Gasteiger partial charge >= 0.3 is 0 Å². The third kappa shape index (κ3) is 0.523. The third-order valence-corrected chi connectivity index (χ3v) is 3.12. The van der Waals surface area contributed by atoms with Crippen LogP contribution in [-0.4, -0.2) is 24.4 Å². The summed E-state index contributed by atoms with van der Waals surface area (Å²) in [5, 5.41) is 0. The lowest BCUT2D eigenvalue weighted by molar-refractivity contribution is -0.00853. The molecule has 3 fully saturated rings. The van der Waals surface area contributed by atoms with Crippen LogP contribution in [0.25, 0.3) is 0 Å². The number of ether oxygens (including phenoxy) is 2. The second kappa shape index (κ2) is 1.56. The Morgan fingerprint density at radius 3 is 2.70 bits per heavy atom. The summed E-state index contributed by atoms with van der Waals surface area (Å²) in [6.45, 7) is 2.25. The van der Waals surface area contributed by atoms with Gasteiger partial charge < -0.3 is 9.47 Å². The fraction of sp³-hybridized carbons (Fsp3) is 1.00. The number of fused-ring (bicyclic) bond motifs is 4. The SMILES string of the molecule is C[C@@H]1C2CC[C@H](O2)C2O[C@H]21. The molecule has 0 aromatic rings. The van der Waals surface area contributed by atoms with Crippen LogP contribution < -0.4 is 0 Å². The fourth-order valence-electron chi connectivity index (χ4n) is 2.39. The Kier molecular flexibility index (Phi) is 0.868. The van der Waals surface area contributed by atoms with E-state index in [0.29, 0.717) is 30.3 Å². The number of rotatable bonds is 0. The van der Waals surface area contributed by atoms with Crippen molar-refractivity contribution < 1.29 is 9.47 Å². The van der Waals surface area contributed by atoms with Crippen LogP contribution in [0.1, 0.15) is 19.8 Å². The first kappa shape index (κ1) is 5.56. The molecule has 56 valence electrons. The Balaban J connectivity index is 1.91. The highest BCUT2D eigenvalue weighted by molar-refractivity contribution is 5.04. The first-order chi connectivity index (χ1) is 4.86. The molecule has 3 aliphatic heterocycles. The van der Waals surface area contributed by atoms with Gasteiger partial charge in [-0.3, -0.25) is 0 Å². The van der Waals surface area contributed by atoms with Gasteiger partial charge in [0.05, 0.1) is 18.3 Å². The lowest BCUT2D eigenvalue weighted by atomic mass is 9.98. The summed E-state index contributed by atoms with van der Waals surface area (Å²) >= 11 is 0. The molecule has 2 unspecified atom stereocenters. The fourth-order valence-corrected chi connectivity index (χ4v) is 2.39. The molecule has 2 bridgehead atoms. The van der Waals surface area contributed by atoms with Gasteiger partial charge in [-0.2, -0.15) is 0 Å². The van der Waals surface area contributed by atoms with Gasteiger partial charge in [0.15, 0.2) is 0 Å². The van der Waals surface area contributed by atoms with Crippen LogP contribution in [0.15, 0.2) is 0 Å². The quantitative estimate of drug-likeness (QED) is 0.467. The molecule has 3 saturated heterocycles. The summed E-state index contributed by atoms with van der Waals surface area (Å²) < 4.78 is 11.2. The van der Waals surface area contributed by atoms with Crippen molar-refractivity contribution >= 4 is 0 Å². The topological polar surface area (TPSA) is 21.8 Å². The van der Waals surface area contributed by atoms with Crippen LogP contribution in [0, 0.1) is 5.92 Å². The van der Waals surface area contributed by atoms with Crippen LogP contribution in [0.3, 0.4) is 0 Å². The second-order valence-electron chi connectivity index (χ2n) is 3.71. The lowest BCUT2D eigenvalue weighted by Crippen LogP contribution is -2.32. The predicted octanol–water partition coefficient (Wildman–Crippen LogP) is 0.951. The van der Waals surface area contributed by atoms with Crippen molar-refractivity contribution in [2.75, 3.05) is 0 Å². The Morgan fingerprint density at radius 2 is 1.80 bits per heavy atom. The molecule has 5 atom stereocenters. The van der Waals surface area contributed by atoms with Crippen LogP contribution in [0.4, 0.5) is 0 Å². The summed E-state index contributed by atoms with van der Waals surface area (Å²) in [5.74, 6) is 0.656. The van der Waals surface area contributed by atoms with E-state index in [1.54, 1.807) is 0 Å². The van der Waals surface area contributed by atoms with Crippen LogP contribution in [0.5, 0.6) is 0 Å². The zero-order valence-electron chi connectivity index (χ0n) is 6.12. The molecule has 10 heavy (non-hydrogen) atoms. The Morgan fingerprint density at radius 1 is 1.00 bits per heavy atom. The molecule has 2 heteroatoms. The molecule has 0 saturated carbocycles. The largest absolute Gasteiger partial charge is 0.372 e. The molecule has 3 aliphatic rings.